The van der Waals surface area contributed by atoms with Gasteiger partial charge in [-0.05, 0) is 61.0 Å². The molecule has 1 aliphatic rings. The number of hydrogen-bond donors (Lipinski definition) is 0. The third kappa shape index (κ3) is 3.80. The third-order valence-corrected chi connectivity index (χ3v) is 4.95. The number of carbonyl (C=O) groups is 2. The number of esters is 1. The first-order valence-corrected chi connectivity index (χ1v) is 9.53. The first kappa shape index (κ1) is 19.7. The molecule has 0 spiro atoms. The Morgan fingerprint density at radius 1 is 1.07 bits per heavy atom. The molecule has 150 valence electrons. The smallest absolute Gasteiger partial charge is 0.343 e. The minimum Gasteiger partial charge on any atom is -0.497 e. The number of ether oxygens (including phenoxy) is 3. The fourth-order valence-electron chi connectivity index (χ4n) is 3.10. The minimum atomic E-state index is -0.543. The minimum absolute atomic E-state index is 0.205. The second-order valence-electron chi connectivity index (χ2n) is 6.68. The van der Waals surface area contributed by atoms with Gasteiger partial charge in [0.1, 0.15) is 17.2 Å². The second kappa shape index (κ2) is 8.05. The van der Waals surface area contributed by atoms with Gasteiger partial charge < -0.3 is 14.2 Å². The Morgan fingerprint density at radius 2 is 1.83 bits per heavy atom. The predicted molar refractivity (Wildman–Crippen MR) is 114 cm³/mol. The van der Waals surface area contributed by atoms with Crippen molar-refractivity contribution in [1.29, 1.82) is 0 Å². The van der Waals surface area contributed by atoms with Crippen LogP contribution in [0.15, 0.2) is 66.4 Å². The molecule has 30 heavy (non-hydrogen) atoms. The van der Waals surface area contributed by atoms with E-state index in [0.29, 0.717) is 33.2 Å². The maximum Gasteiger partial charge on any atom is 0.343 e. The van der Waals surface area contributed by atoms with Crippen LogP contribution in [0.3, 0.4) is 0 Å². The Bertz CT molecular complexity index is 1180. The van der Waals surface area contributed by atoms with Gasteiger partial charge in [0.2, 0.25) is 5.78 Å². The number of allylic oxidation sites excluding steroid dienone is 1. The van der Waals surface area contributed by atoms with Crippen molar-refractivity contribution in [3.05, 3.63) is 93.7 Å². The average molecular weight is 421 g/mol. The van der Waals surface area contributed by atoms with E-state index in [2.05, 4.69) is 0 Å². The van der Waals surface area contributed by atoms with Crippen LogP contribution in [-0.4, -0.2) is 18.9 Å². The zero-order valence-corrected chi connectivity index (χ0v) is 17.0. The van der Waals surface area contributed by atoms with Crippen molar-refractivity contribution in [2.75, 3.05) is 7.11 Å². The van der Waals surface area contributed by atoms with Crippen molar-refractivity contribution < 1.29 is 23.8 Å². The molecule has 0 saturated carbocycles. The summed E-state index contributed by atoms with van der Waals surface area (Å²) in [5.41, 5.74) is 2.13. The highest BCUT2D eigenvalue weighted by Crippen LogP contribution is 2.39. The lowest BCUT2D eigenvalue weighted by molar-refractivity contribution is 0.0733. The first-order valence-electron chi connectivity index (χ1n) is 9.16. The molecule has 0 saturated heterocycles. The maximum absolute atomic E-state index is 12.7. The van der Waals surface area contributed by atoms with E-state index in [1.54, 1.807) is 62.6 Å². The van der Waals surface area contributed by atoms with Crippen molar-refractivity contribution in [3.8, 4) is 17.2 Å². The quantitative estimate of drug-likeness (QED) is 0.317. The number of hydrogen-bond acceptors (Lipinski definition) is 5. The van der Waals surface area contributed by atoms with Crippen molar-refractivity contribution in [2.24, 2.45) is 0 Å². The Kier molecular flexibility index (Phi) is 5.29. The highest BCUT2D eigenvalue weighted by atomic mass is 35.5. The van der Waals surface area contributed by atoms with E-state index < -0.39 is 5.97 Å². The van der Waals surface area contributed by atoms with E-state index in [1.165, 1.54) is 6.07 Å². The number of rotatable bonds is 4. The molecule has 5 nitrogen and oxygen atoms in total. The molecule has 1 aliphatic heterocycles. The monoisotopic (exact) mass is 420 g/mol. The molecular formula is C24H17ClO5. The molecule has 0 atom stereocenters. The molecule has 0 N–H and O–H groups in total. The summed E-state index contributed by atoms with van der Waals surface area (Å²) >= 11 is 5.94. The molecule has 3 aromatic rings. The van der Waals surface area contributed by atoms with Crippen LogP contribution in [0.1, 0.15) is 31.8 Å². The van der Waals surface area contributed by atoms with Crippen molar-refractivity contribution in [3.63, 3.8) is 0 Å². The second-order valence-corrected chi connectivity index (χ2v) is 7.11. The summed E-state index contributed by atoms with van der Waals surface area (Å²) in [6.07, 6.45) is 1.67. The van der Waals surface area contributed by atoms with E-state index >= 15 is 0 Å². The average Bonchev–Trinajstić information content (AvgIpc) is 3.07. The van der Waals surface area contributed by atoms with Crippen LogP contribution < -0.4 is 14.2 Å². The van der Waals surface area contributed by atoms with E-state index in [9.17, 15) is 9.59 Å². The first-order chi connectivity index (χ1) is 14.5. The highest BCUT2D eigenvalue weighted by Gasteiger charge is 2.30. The maximum atomic E-state index is 12.7. The normalized spacial score (nSPS) is 13.7. The number of halogens is 1. The number of carbonyl (C=O) groups excluding carboxylic acids is 2. The van der Waals surface area contributed by atoms with Gasteiger partial charge in [-0.3, -0.25) is 4.79 Å². The summed E-state index contributed by atoms with van der Waals surface area (Å²) in [5, 5.41) is 0.442. The summed E-state index contributed by atoms with van der Waals surface area (Å²) in [7, 11) is 1.59. The zero-order chi connectivity index (χ0) is 21.3. The lowest BCUT2D eigenvalue weighted by Gasteiger charge is -2.10. The molecule has 3 aromatic carbocycles. The van der Waals surface area contributed by atoms with Crippen LogP contribution in [0.25, 0.3) is 6.08 Å². The summed E-state index contributed by atoms with van der Waals surface area (Å²) in [6.45, 7) is 1.74. The molecule has 0 unspecified atom stereocenters. The fourth-order valence-corrected chi connectivity index (χ4v) is 3.29. The van der Waals surface area contributed by atoms with E-state index in [1.807, 2.05) is 12.1 Å². The number of benzene rings is 3. The SMILES string of the molecule is COc1ccc(/C=C2\Oc3c(ccc(OC(=O)c4cccc(Cl)c4)c3C)C2=O)cc1. The number of methoxy groups -OCH3 is 1. The standard InChI is InChI=1S/C24H17ClO5/c1-14-20(30-24(27)16-4-3-5-17(25)13-16)11-10-19-22(26)21(29-23(14)19)12-15-6-8-18(28-2)9-7-15/h3-13H,1-2H3/b21-12-. The van der Waals surface area contributed by atoms with Gasteiger partial charge in [0.05, 0.1) is 18.2 Å². The van der Waals surface area contributed by atoms with Crippen molar-refractivity contribution in [1.82, 2.24) is 0 Å². The van der Waals surface area contributed by atoms with Crippen LogP contribution >= 0.6 is 11.6 Å². The molecule has 4 rings (SSSR count). The molecule has 0 aromatic heterocycles. The largest absolute Gasteiger partial charge is 0.497 e. The van der Waals surface area contributed by atoms with E-state index in [-0.39, 0.29) is 11.5 Å². The molecule has 0 radical (unpaired) electrons. The lowest BCUT2D eigenvalue weighted by Crippen LogP contribution is -2.09. The van der Waals surface area contributed by atoms with Gasteiger partial charge in [-0.2, -0.15) is 0 Å². The summed E-state index contributed by atoms with van der Waals surface area (Å²) in [4.78, 5) is 25.2. The molecule has 0 fully saturated rings. The molecule has 6 heteroatoms. The van der Waals surface area contributed by atoms with Crippen molar-refractivity contribution >= 4 is 29.4 Å². The molecule has 0 amide bonds. The van der Waals surface area contributed by atoms with Crippen LogP contribution in [0, 0.1) is 6.92 Å². The van der Waals surface area contributed by atoms with Crippen LogP contribution in [0.4, 0.5) is 0 Å². The van der Waals surface area contributed by atoms with Crippen LogP contribution in [0.5, 0.6) is 17.2 Å². The number of fused-ring (bicyclic) bond motifs is 1. The topological polar surface area (TPSA) is 61.8 Å². The summed E-state index contributed by atoms with van der Waals surface area (Å²) in [5.74, 6) is 0.863. The van der Waals surface area contributed by atoms with Crippen molar-refractivity contribution in [2.45, 2.75) is 6.92 Å². The van der Waals surface area contributed by atoms with Gasteiger partial charge in [0, 0.05) is 10.6 Å². The van der Waals surface area contributed by atoms with E-state index in [4.69, 9.17) is 25.8 Å². The number of Topliss-reactive ketones (excluding diaryl/α,β-unsaturated/α-hetero) is 1. The predicted octanol–water partition coefficient (Wildman–Crippen LogP) is 5.49. The lowest BCUT2D eigenvalue weighted by atomic mass is 10.1. The molecule has 0 aliphatic carbocycles. The molecule has 0 bridgehead atoms. The highest BCUT2D eigenvalue weighted by molar-refractivity contribution is 6.30. The Hall–Kier alpha value is -3.57. The molecular weight excluding hydrogens is 404 g/mol. The Morgan fingerprint density at radius 3 is 2.53 bits per heavy atom. The van der Waals surface area contributed by atoms with Gasteiger partial charge in [-0.25, -0.2) is 4.79 Å². The van der Waals surface area contributed by atoms with E-state index in [0.717, 1.165) is 11.3 Å². The van der Waals surface area contributed by atoms with Gasteiger partial charge in [-0.15, -0.1) is 0 Å². The Balaban J connectivity index is 1.59. The van der Waals surface area contributed by atoms with Gasteiger partial charge in [0.25, 0.3) is 0 Å². The van der Waals surface area contributed by atoms with Gasteiger partial charge in [-0.1, -0.05) is 29.8 Å². The fraction of sp³-hybridized carbons (Fsp3) is 0.0833. The zero-order valence-electron chi connectivity index (χ0n) is 16.3. The third-order valence-electron chi connectivity index (χ3n) is 4.71. The Labute approximate surface area is 178 Å². The summed E-state index contributed by atoms with van der Waals surface area (Å²) in [6, 6.07) is 17.0. The molecule has 1 heterocycles. The number of ketones is 1. The van der Waals surface area contributed by atoms with Crippen LogP contribution in [0.2, 0.25) is 5.02 Å². The van der Waals surface area contributed by atoms with Gasteiger partial charge >= 0.3 is 5.97 Å². The van der Waals surface area contributed by atoms with Gasteiger partial charge in [0.15, 0.2) is 5.76 Å². The summed E-state index contributed by atoms with van der Waals surface area (Å²) < 4.78 is 16.5. The van der Waals surface area contributed by atoms with Crippen LogP contribution in [-0.2, 0) is 0 Å².